The van der Waals surface area contributed by atoms with Crippen LogP contribution in [-0.2, 0) is 6.54 Å². The fourth-order valence-electron chi connectivity index (χ4n) is 3.49. The zero-order chi connectivity index (χ0) is 17.2. The minimum atomic E-state index is 0. The van der Waals surface area contributed by atoms with Crippen LogP contribution < -0.4 is 27.2 Å². The summed E-state index contributed by atoms with van der Waals surface area (Å²) in [5.41, 5.74) is 4.91. The first kappa shape index (κ1) is 18.4. The van der Waals surface area contributed by atoms with Crippen molar-refractivity contribution in [2.75, 3.05) is 13.7 Å². The highest BCUT2D eigenvalue weighted by Gasteiger charge is 2.23. The van der Waals surface area contributed by atoms with E-state index in [9.17, 15) is 0 Å². The van der Waals surface area contributed by atoms with E-state index in [0.717, 1.165) is 23.6 Å². The molecule has 3 aromatic rings. The van der Waals surface area contributed by atoms with Crippen molar-refractivity contribution in [3.63, 3.8) is 0 Å². The number of para-hydroxylation sites is 1. The topological polar surface area (TPSA) is 35.4 Å². The number of ether oxygens (including phenoxy) is 2. The molecular weight excluding hydrogens is 348 g/mol. The van der Waals surface area contributed by atoms with Crippen molar-refractivity contribution in [1.29, 1.82) is 0 Å². The number of hydrogen-bond donors (Lipinski definition) is 1. The molecule has 1 aromatic heterocycles. The molecule has 26 heavy (non-hydrogen) atoms. The molecule has 1 aliphatic heterocycles. The summed E-state index contributed by atoms with van der Waals surface area (Å²) in [7, 11) is 1.67. The third kappa shape index (κ3) is 3.18. The van der Waals surface area contributed by atoms with Gasteiger partial charge >= 0.3 is 0 Å². The van der Waals surface area contributed by atoms with Gasteiger partial charge < -0.3 is 31.8 Å². The van der Waals surface area contributed by atoms with E-state index in [1.165, 1.54) is 16.9 Å². The summed E-state index contributed by atoms with van der Waals surface area (Å²) in [5.74, 6) is 1.54. The Hall–Kier alpha value is -2.43. The van der Waals surface area contributed by atoms with Gasteiger partial charge in [0.05, 0.1) is 19.8 Å². The van der Waals surface area contributed by atoms with E-state index in [-0.39, 0.29) is 18.4 Å². The second-order valence-electron chi connectivity index (χ2n) is 6.09. The predicted octanol–water partition coefficient (Wildman–Crippen LogP) is 1.08. The Bertz CT molecular complexity index is 891. The number of aromatic nitrogens is 1. The van der Waals surface area contributed by atoms with Crippen LogP contribution in [-0.4, -0.2) is 18.3 Å². The first-order valence-corrected chi connectivity index (χ1v) is 8.61. The monoisotopic (exact) mass is 369 g/mol. The Morgan fingerprint density at radius 1 is 1.08 bits per heavy atom. The lowest BCUT2D eigenvalue weighted by Crippen LogP contribution is -3.00. The maximum Gasteiger partial charge on any atom is 0.161 e. The van der Waals surface area contributed by atoms with Gasteiger partial charge in [-0.3, -0.25) is 0 Å². The number of methoxy groups -OCH3 is 1. The fraction of sp³-hybridized carbons (Fsp3) is 0.238. The molecule has 5 heteroatoms. The predicted molar refractivity (Wildman–Crippen MR) is 98.6 cm³/mol. The molecule has 2 heterocycles. The van der Waals surface area contributed by atoms with E-state index in [2.05, 4.69) is 64.6 Å². The minimum Gasteiger partial charge on any atom is -1.00 e. The van der Waals surface area contributed by atoms with E-state index in [1.807, 2.05) is 13.0 Å². The molecule has 1 unspecified atom stereocenters. The summed E-state index contributed by atoms with van der Waals surface area (Å²) in [5, 5.41) is 3.69. The van der Waals surface area contributed by atoms with Gasteiger partial charge in [0.25, 0.3) is 0 Å². The van der Waals surface area contributed by atoms with Crippen LogP contribution >= 0.6 is 0 Å². The minimum absolute atomic E-state index is 0. The summed E-state index contributed by atoms with van der Waals surface area (Å²) in [6.45, 7) is 3.41. The van der Waals surface area contributed by atoms with Gasteiger partial charge in [-0.2, -0.15) is 0 Å². The SMILES string of the molecule is CCOc1cc(C2NCc3ccccc3-n3cccc32)ccc1OC.[Cl-]. The number of rotatable bonds is 4. The molecule has 4 nitrogen and oxygen atoms in total. The van der Waals surface area contributed by atoms with Crippen LogP contribution in [0.1, 0.15) is 29.8 Å². The lowest BCUT2D eigenvalue weighted by molar-refractivity contribution is -0.00000577. The smallest absolute Gasteiger partial charge is 0.161 e. The molecule has 0 aliphatic carbocycles. The van der Waals surface area contributed by atoms with Crippen molar-refractivity contribution in [2.45, 2.75) is 19.5 Å². The Labute approximate surface area is 160 Å². The first-order chi connectivity index (χ1) is 12.3. The van der Waals surface area contributed by atoms with E-state index in [1.54, 1.807) is 7.11 Å². The lowest BCUT2D eigenvalue weighted by atomic mass is 10.0. The Morgan fingerprint density at radius 3 is 2.73 bits per heavy atom. The van der Waals surface area contributed by atoms with Crippen LogP contribution in [0, 0.1) is 0 Å². The van der Waals surface area contributed by atoms with E-state index in [4.69, 9.17) is 9.47 Å². The molecule has 0 spiro atoms. The molecule has 0 fully saturated rings. The molecule has 0 bridgehead atoms. The van der Waals surface area contributed by atoms with Crippen molar-refractivity contribution in [1.82, 2.24) is 9.88 Å². The van der Waals surface area contributed by atoms with E-state index >= 15 is 0 Å². The standard InChI is InChI=1S/C21H22N2O2.ClH/c1-3-25-20-13-15(10-11-19(20)24-2)21-18-9-6-12-23(18)17-8-5-4-7-16(17)14-22-21;/h4-13,21-22H,3,14H2,1-2H3;1H/p-1. The molecule has 0 radical (unpaired) electrons. The molecule has 1 N–H and O–H groups in total. The van der Waals surface area contributed by atoms with Gasteiger partial charge in [0.2, 0.25) is 0 Å². The first-order valence-electron chi connectivity index (χ1n) is 8.61. The number of fused-ring (bicyclic) bond motifs is 3. The summed E-state index contributed by atoms with van der Waals surface area (Å²) in [4.78, 5) is 0. The third-order valence-electron chi connectivity index (χ3n) is 4.64. The molecule has 0 saturated carbocycles. The second kappa shape index (κ2) is 7.85. The van der Waals surface area contributed by atoms with Crippen LogP contribution in [0.15, 0.2) is 60.8 Å². The van der Waals surface area contributed by atoms with Crippen molar-refractivity contribution >= 4 is 0 Å². The lowest BCUT2D eigenvalue weighted by Gasteiger charge is -2.20. The molecule has 1 aliphatic rings. The summed E-state index contributed by atoms with van der Waals surface area (Å²) >= 11 is 0. The van der Waals surface area contributed by atoms with Crippen LogP contribution in [0.4, 0.5) is 0 Å². The molecule has 0 amide bonds. The molecule has 4 rings (SSSR count). The average Bonchev–Trinajstić information content (AvgIpc) is 3.06. The third-order valence-corrected chi connectivity index (χ3v) is 4.64. The highest BCUT2D eigenvalue weighted by atomic mass is 35.5. The highest BCUT2D eigenvalue weighted by molar-refractivity contribution is 5.49. The van der Waals surface area contributed by atoms with Gasteiger partial charge in [0.1, 0.15) is 0 Å². The molecule has 136 valence electrons. The van der Waals surface area contributed by atoms with Gasteiger partial charge in [-0.25, -0.2) is 0 Å². The maximum atomic E-state index is 5.76. The summed E-state index contributed by atoms with van der Waals surface area (Å²) in [6.07, 6.45) is 2.13. The normalized spacial score (nSPS) is 15.2. The summed E-state index contributed by atoms with van der Waals surface area (Å²) < 4.78 is 13.5. The molecular formula is C21H22ClN2O2-. The molecule has 2 aromatic carbocycles. The van der Waals surface area contributed by atoms with E-state index in [0.29, 0.717) is 6.61 Å². The van der Waals surface area contributed by atoms with Crippen LogP contribution in [0.25, 0.3) is 5.69 Å². The average molecular weight is 370 g/mol. The number of nitrogens with one attached hydrogen (secondary N) is 1. The van der Waals surface area contributed by atoms with Gasteiger partial charge in [0, 0.05) is 24.1 Å². The van der Waals surface area contributed by atoms with Crippen molar-refractivity contribution in [3.8, 4) is 17.2 Å². The highest BCUT2D eigenvalue weighted by Crippen LogP contribution is 2.35. The van der Waals surface area contributed by atoms with Crippen LogP contribution in [0.2, 0.25) is 0 Å². The number of benzene rings is 2. The van der Waals surface area contributed by atoms with Crippen LogP contribution in [0.5, 0.6) is 11.5 Å². The van der Waals surface area contributed by atoms with E-state index < -0.39 is 0 Å². The Morgan fingerprint density at radius 2 is 1.92 bits per heavy atom. The zero-order valence-electron chi connectivity index (χ0n) is 14.9. The van der Waals surface area contributed by atoms with Gasteiger partial charge in [0.15, 0.2) is 11.5 Å². The molecule has 0 saturated heterocycles. The van der Waals surface area contributed by atoms with Gasteiger partial charge in [-0.1, -0.05) is 24.3 Å². The van der Waals surface area contributed by atoms with Crippen molar-refractivity contribution in [2.24, 2.45) is 0 Å². The zero-order valence-corrected chi connectivity index (χ0v) is 15.7. The second-order valence-corrected chi connectivity index (χ2v) is 6.09. The van der Waals surface area contributed by atoms with Gasteiger partial charge in [-0.05, 0) is 48.4 Å². The Kier molecular flexibility index (Phi) is 5.55. The Balaban J connectivity index is 0.00000196. The maximum absolute atomic E-state index is 5.76. The quantitative estimate of drug-likeness (QED) is 0.747. The number of hydrogen-bond acceptors (Lipinski definition) is 3. The number of halogens is 1. The number of nitrogens with zero attached hydrogens (tertiary/aromatic N) is 1. The summed E-state index contributed by atoms with van der Waals surface area (Å²) in [6, 6.07) is 19.0. The van der Waals surface area contributed by atoms with Crippen molar-refractivity contribution < 1.29 is 21.9 Å². The van der Waals surface area contributed by atoms with Crippen LogP contribution in [0.3, 0.4) is 0 Å². The molecule has 1 atom stereocenters. The largest absolute Gasteiger partial charge is 1.00 e. The van der Waals surface area contributed by atoms with Gasteiger partial charge in [-0.15, -0.1) is 0 Å². The van der Waals surface area contributed by atoms with Crippen molar-refractivity contribution in [3.05, 3.63) is 77.6 Å². The fourth-order valence-corrected chi connectivity index (χ4v) is 3.49.